The van der Waals surface area contributed by atoms with Crippen LogP contribution in [0.1, 0.15) is 31.3 Å². The van der Waals surface area contributed by atoms with Crippen LogP contribution in [-0.4, -0.2) is 26.2 Å². The Balaban J connectivity index is 2.45. The van der Waals surface area contributed by atoms with Gasteiger partial charge in [0.2, 0.25) is 5.13 Å². The monoisotopic (exact) mass is 394 g/mol. The molecule has 0 radical (unpaired) electrons. The highest BCUT2D eigenvalue weighted by Gasteiger charge is 2.23. The molecule has 0 fully saturated rings. The minimum atomic E-state index is -0.197. The van der Waals surface area contributed by atoms with Crippen molar-refractivity contribution in [3.63, 3.8) is 0 Å². The highest BCUT2D eigenvalue weighted by molar-refractivity contribution is 7.15. The molecule has 0 aliphatic rings. The smallest absolute Gasteiger partial charge is 0.494 e. The summed E-state index contributed by atoms with van der Waals surface area (Å²) in [6.45, 7) is 20.3. The maximum atomic E-state index is 7.09. The van der Waals surface area contributed by atoms with E-state index < -0.39 is 0 Å². The third-order valence-corrected chi connectivity index (χ3v) is 5.12. The summed E-state index contributed by atoms with van der Waals surface area (Å²) >= 11 is 1.40. The van der Waals surface area contributed by atoms with Crippen LogP contribution in [0.2, 0.25) is 0 Å². The summed E-state index contributed by atoms with van der Waals surface area (Å²) in [5.41, 5.74) is 1.99. The number of aromatic nitrogens is 1. The standard InChI is InChI=1S/C20H22N6OS/c1-20(2,3)18-15(12-17(21-4)22-5)23-19(28-18)25-24-14-10-9-13(26(6)7)11-16(14)27-8/h9-12H,1-3,6-8H3. The Labute approximate surface area is 169 Å². The first-order chi connectivity index (χ1) is 13.2. The fourth-order valence-corrected chi connectivity index (χ4v) is 3.26. The molecular weight excluding hydrogens is 372 g/mol. The van der Waals surface area contributed by atoms with Crippen LogP contribution in [0.15, 0.2) is 34.2 Å². The van der Waals surface area contributed by atoms with Gasteiger partial charge in [-0.15, -0.1) is 10.2 Å². The number of azo groups is 1. The predicted octanol–water partition coefficient (Wildman–Crippen LogP) is 6.07. The van der Waals surface area contributed by atoms with E-state index >= 15 is 0 Å². The van der Waals surface area contributed by atoms with Crippen molar-refractivity contribution in [3.05, 3.63) is 57.4 Å². The van der Waals surface area contributed by atoms with Crippen molar-refractivity contribution in [2.75, 3.05) is 26.1 Å². The van der Waals surface area contributed by atoms with Gasteiger partial charge in [0.1, 0.15) is 24.6 Å². The van der Waals surface area contributed by atoms with Crippen LogP contribution in [-0.2, 0) is 5.41 Å². The molecule has 0 bridgehead atoms. The molecule has 28 heavy (non-hydrogen) atoms. The number of benzene rings is 1. The molecule has 0 spiro atoms. The first-order valence-electron chi connectivity index (χ1n) is 8.44. The van der Waals surface area contributed by atoms with E-state index in [1.807, 2.05) is 37.2 Å². The molecule has 0 saturated heterocycles. The minimum absolute atomic E-state index is 0.0276. The van der Waals surface area contributed by atoms with E-state index in [2.05, 4.69) is 45.7 Å². The number of thiazole rings is 1. The average molecular weight is 395 g/mol. The molecule has 8 heteroatoms. The molecule has 0 saturated carbocycles. The lowest BCUT2D eigenvalue weighted by Crippen LogP contribution is -2.10. The van der Waals surface area contributed by atoms with E-state index in [0.29, 0.717) is 22.3 Å². The second-order valence-corrected chi connectivity index (χ2v) is 8.12. The van der Waals surface area contributed by atoms with Gasteiger partial charge >= 0.3 is 5.82 Å². The molecule has 1 heterocycles. The Morgan fingerprint density at radius 1 is 1.21 bits per heavy atom. The highest BCUT2D eigenvalue weighted by atomic mass is 32.1. The van der Waals surface area contributed by atoms with Crippen LogP contribution < -0.4 is 9.64 Å². The highest BCUT2D eigenvalue weighted by Crippen LogP contribution is 2.38. The molecule has 0 aliphatic heterocycles. The third-order valence-electron chi connectivity index (χ3n) is 3.74. The van der Waals surface area contributed by atoms with Crippen molar-refractivity contribution in [1.82, 2.24) is 4.98 Å². The van der Waals surface area contributed by atoms with Crippen LogP contribution in [0, 0.1) is 13.1 Å². The topological polar surface area (TPSA) is 58.8 Å². The number of ether oxygens (including phenoxy) is 1. The predicted molar refractivity (Wildman–Crippen MR) is 113 cm³/mol. The van der Waals surface area contributed by atoms with Crippen molar-refractivity contribution in [2.45, 2.75) is 26.2 Å². The fraction of sp³-hybridized carbons (Fsp3) is 0.350. The molecule has 0 atom stereocenters. The molecule has 2 aromatic rings. The van der Waals surface area contributed by atoms with Crippen molar-refractivity contribution in [3.8, 4) is 5.75 Å². The maximum absolute atomic E-state index is 7.09. The first-order valence-corrected chi connectivity index (χ1v) is 9.26. The van der Waals surface area contributed by atoms with Gasteiger partial charge in [0.15, 0.2) is 0 Å². The van der Waals surface area contributed by atoms with Crippen LogP contribution in [0.3, 0.4) is 0 Å². The van der Waals surface area contributed by atoms with E-state index in [1.54, 1.807) is 7.11 Å². The molecule has 0 unspecified atom stereocenters. The normalized spacial score (nSPS) is 11.0. The van der Waals surface area contributed by atoms with Gasteiger partial charge < -0.3 is 9.64 Å². The average Bonchev–Trinajstić information content (AvgIpc) is 3.07. The quantitative estimate of drug-likeness (QED) is 0.457. The second-order valence-electron chi connectivity index (χ2n) is 7.14. The third kappa shape index (κ3) is 4.93. The number of hydrogen-bond donors (Lipinski definition) is 0. The zero-order valence-electron chi connectivity index (χ0n) is 16.8. The minimum Gasteiger partial charge on any atom is -0.494 e. The lowest BCUT2D eigenvalue weighted by Gasteiger charge is -2.16. The number of hydrogen-bond acceptors (Lipinski definition) is 6. The summed E-state index contributed by atoms with van der Waals surface area (Å²) in [5, 5.41) is 9.02. The molecule has 144 valence electrons. The van der Waals surface area contributed by atoms with E-state index in [4.69, 9.17) is 17.9 Å². The Morgan fingerprint density at radius 2 is 1.89 bits per heavy atom. The summed E-state index contributed by atoms with van der Waals surface area (Å²) < 4.78 is 5.42. The summed E-state index contributed by atoms with van der Waals surface area (Å²) in [6.07, 6.45) is 1.50. The molecule has 1 aromatic carbocycles. The number of rotatable bonds is 5. The van der Waals surface area contributed by atoms with Crippen molar-refractivity contribution >= 4 is 33.9 Å². The molecule has 0 N–H and O–H groups in total. The maximum Gasteiger partial charge on any atom is 0.521 e. The van der Waals surface area contributed by atoms with Crippen LogP contribution in [0.4, 0.5) is 16.5 Å². The zero-order chi connectivity index (χ0) is 20.9. The van der Waals surface area contributed by atoms with Gasteiger partial charge in [-0.25, -0.2) is 4.98 Å². The van der Waals surface area contributed by atoms with E-state index in [0.717, 1.165) is 10.6 Å². The van der Waals surface area contributed by atoms with E-state index in [1.165, 1.54) is 17.4 Å². The zero-order valence-corrected chi connectivity index (χ0v) is 17.6. The summed E-state index contributed by atoms with van der Waals surface area (Å²) in [4.78, 5) is 13.8. The van der Waals surface area contributed by atoms with Crippen molar-refractivity contribution in [1.29, 1.82) is 0 Å². The Bertz CT molecular complexity index is 983. The molecule has 0 amide bonds. The SMILES string of the molecule is [C-]#[N+]C(=Cc1nc(N=Nc2ccc(N(C)C)cc2OC)sc1C(C)(C)C)[N+]#[C-]. The first kappa shape index (κ1) is 21.1. The molecular formula is C20H22N6OS. The van der Waals surface area contributed by atoms with Gasteiger partial charge in [-0.1, -0.05) is 32.1 Å². The van der Waals surface area contributed by atoms with Gasteiger partial charge in [0.05, 0.1) is 18.9 Å². The van der Waals surface area contributed by atoms with Crippen LogP contribution in [0.25, 0.3) is 15.8 Å². The van der Waals surface area contributed by atoms with Crippen LogP contribution >= 0.6 is 11.3 Å². The molecule has 0 aliphatic carbocycles. The van der Waals surface area contributed by atoms with Gasteiger partial charge in [-0.05, 0) is 17.5 Å². The van der Waals surface area contributed by atoms with Gasteiger partial charge in [-0.3, -0.25) is 0 Å². The summed E-state index contributed by atoms with van der Waals surface area (Å²) in [7, 11) is 5.50. The number of methoxy groups -OCH3 is 1. The van der Waals surface area contributed by atoms with E-state index in [-0.39, 0.29) is 11.2 Å². The van der Waals surface area contributed by atoms with Gasteiger partial charge in [0.25, 0.3) is 0 Å². The lowest BCUT2D eigenvalue weighted by molar-refractivity contribution is 0.416. The molecule has 1 aromatic heterocycles. The van der Waals surface area contributed by atoms with Crippen molar-refractivity contribution in [2.24, 2.45) is 10.2 Å². The Kier molecular flexibility index (Phi) is 6.50. The van der Waals surface area contributed by atoms with Crippen molar-refractivity contribution < 1.29 is 4.74 Å². The number of nitrogens with zero attached hydrogens (tertiary/aromatic N) is 6. The fourth-order valence-electron chi connectivity index (χ4n) is 2.33. The molecule has 7 nitrogen and oxygen atoms in total. The van der Waals surface area contributed by atoms with E-state index in [9.17, 15) is 0 Å². The van der Waals surface area contributed by atoms with Gasteiger partial charge in [-0.2, -0.15) is 9.69 Å². The lowest BCUT2D eigenvalue weighted by atomic mass is 9.93. The van der Waals surface area contributed by atoms with Crippen LogP contribution in [0.5, 0.6) is 5.75 Å². The van der Waals surface area contributed by atoms with Gasteiger partial charge in [0, 0.05) is 30.7 Å². The molecule has 2 rings (SSSR count). The Hall–Kier alpha value is -3.23. The summed E-state index contributed by atoms with van der Waals surface area (Å²) in [6, 6.07) is 5.67. The second kappa shape index (κ2) is 8.64. The number of anilines is 1. The summed E-state index contributed by atoms with van der Waals surface area (Å²) in [5.74, 6) is 0.589. The Morgan fingerprint density at radius 3 is 2.43 bits per heavy atom. The largest absolute Gasteiger partial charge is 0.521 e.